The topological polar surface area (TPSA) is 18.5 Å². The van der Waals surface area contributed by atoms with Gasteiger partial charge in [0.05, 0.1) is 12.3 Å². The van der Waals surface area contributed by atoms with Gasteiger partial charge < -0.3 is 0 Å². The Kier molecular flexibility index (Phi) is 8.02. The van der Waals surface area contributed by atoms with Crippen LogP contribution in [0, 0.1) is 0 Å². The molecule has 2 atom stereocenters. The summed E-state index contributed by atoms with van der Waals surface area (Å²) in [4.78, 5) is 4.73. The lowest BCUT2D eigenvalue weighted by Gasteiger charge is -2.35. The highest BCUT2D eigenvalue weighted by Crippen LogP contribution is 2.04. The molecular formula is C12H29N3. The van der Waals surface area contributed by atoms with Crippen LogP contribution in [-0.4, -0.2) is 49.3 Å². The van der Waals surface area contributed by atoms with E-state index < -0.39 is 0 Å². The predicted octanol–water partition coefficient (Wildman–Crippen LogP) is 1.95. The molecule has 92 valence electrons. The van der Waals surface area contributed by atoms with E-state index >= 15 is 0 Å². The molecule has 0 bridgehead atoms. The van der Waals surface area contributed by atoms with Gasteiger partial charge in [0.2, 0.25) is 0 Å². The van der Waals surface area contributed by atoms with Crippen LogP contribution in [0.3, 0.4) is 0 Å². The third-order valence-corrected chi connectivity index (χ3v) is 3.03. The first-order chi connectivity index (χ1) is 7.10. The van der Waals surface area contributed by atoms with Crippen LogP contribution in [0.2, 0.25) is 0 Å². The number of nitrogens with one attached hydrogen (secondary N) is 1. The molecule has 1 N–H and O–H groups in total. The Balaban J connectivity index is 4.28. The van der Waals surface area contributed by atoms with Crippen molar-refractivity contribution in [2.45, 2.75) is 52.9 Å². The largest absolute Gasteiger partial charge is 0.294 e. The molecule has 0 saturated heterocycles. The van der Waals surface area contributed by atoms with E-state index in [4.69, 9.17) is 0 Å². The van der Waals surface area contributed by atoms with Crippen molar-refractivity contribution in [3.05, 3.63) is 0 Å². The van der Waals surface area contributed by atoms with Crippen molar-refractivity contribution in [1.29, 1.82) is 0 Å². The van der Waals surface area contributed by atoms with Crippen LogP contribution in [-0.2, 0) is 0 Å². The second kappa shape index (κ2) is 8.08. The lowest BCUT2D eigenvalue weighted by molar-refractivity contribution is 0.117. The molecule has 0 radical (unpaired) electrons. The SMILES string of the molecule is CCC(NC(CC)N(CC)CC)N(C)C. The zero-order valence-electron chi connectivity index (χ0n) is 11.4. The maximum atomic E-state index is 3.71. The number of hydrogen-bond acceptors (Lipinski definition) is 3. The van der Waals surface area contributed by atoms with Gasteiger partial charge in [-0.1, -0.05) is 27.7 Å². The predicted molar refractivity (Wildman–Crippen MR) is 67.9 cm³/mol. The van der Waals surface area contributed by atoms with Crippen molar-refractivity contribution in [2.75, 3.05) is 27.2 Å². The van der Waals surface area contributed by atoms with Crippen LogP contribution in [0.25, 0.3) is 0 Å². The molecule has 0 aliphatic rings. The normalized spacial score (nSPS) is 16.0. The molecule has 0 fully saturated rings. The van der Waals surface area contributed by atoms with Crippen molar-refractivity contribution in [2.24, 2.45) is 0 Å². The molecule has 0 saturated carbocycles. The van der Waals surface area contributed by atoms with E-state index in [9.17, 15) is 0 Å². The zero-order chi connectivity index (χ0) is 11.8. The fourth-order valence-corrected chi connectivity index (χ4v) is 2.00. The number of nitrogens with zero attached hydrogens (tertiary/aromatic N) is 2. The van der Waals surface area contributed by atoms with E-state index in [2.05, 4.69) is 56.9 Å². The highest BCUT2D eigenvalue weighted by molar-refractivity contribution is 4.71. The van der Waals surface area contributed by atoms with Crippen LogP contribution in [0.5, 0.6) is 0 Å². The first-order valence-electron chi connectivity index (χ1n) is 6.27. The van der Waals surface area contributed by atoms with E-state index in [0.29, 0.717) is 12.3 Å². The number of rotatable bonds is 8. The minimum atomic E-state index is 0.482. The standard InChI is InChI=1S/C12H29N3/c1-7-11(14(5)6)13-12(8-2)15(9-3)10-4/h11-13H,7-10H2,1-6H3. The van der Waals surface area contributed by atoms with Gasteiger partial charge in [0.25, 0.3) is 0 Å². The fraction of sp³-hybridized carbons (Fsp3) is 1.00. The maximum absolute atomic E-state index is 3.71. The quantitative estimate of drug-likeness (QED) is 0.624. The van der Waals surface area contributed by atoms with E-state index in [1.165, 1.54) is 0 Å². The monoisotopic (exact) mass is 215 g/mol. The Morgan fingerprint density at radius 1 is 0.867 bits per heavy atom. The molecule has 0 aliphatic carbocycles. The molecule has 3 heteroatoms. The Bertz CT molecular complexity index is 144. The summed E-state index contributed by atoms with van der Waals surface area (Å²) in [6.45, 7) is 11.2. The van der Waals surface area contributed by atoms with Gasteiger partial charge in [0.1, 0.15) is 0 Å². The highest BCUT2D eigenvalue weighted by atomic mass is 15.3. The first-order valence-corrected chi connectivity index (χ1v) is 6.27. The molecule has 0 aromatic heterocycles. The Labute approximate surface area is 95.8 Å². The molecule has 15 heavy (non-hydrogen) atoms. The summed E-state index contributed by atoms with van der Waals surface area (Å²) in [5.74, 6) is 0. The first kappa shape index (κ1) is 14.9. The summed E-state index contributed by atoms with van der Waals surface area (Å²) in [6.07, 6.45) is 3.29. The summed E-state index contributed by atoms with van der Waals surface area (Å²) in [5, 5.41) is 3.71. The smallest absolute Gasteiger partial charge is 0.0606 e. The molecule has 0 amide bonds. The van der Waals surface area contributed by atoms with Gasteiger partial charge >= 0.3 is 0 Å². The van der Waals surface area contributed by atoms with Gasteiger partial charge in [-0.2, -0.15) is 0 Å². The molecule has 3 nitrogen and oxygen atoms in total. The molecule has 0 heterocycles. The average Bonchev–Trinajstić information content (AvgIpc) is 2.23. The van der Waals surface area contributed by atoms with Gasteiger partial charge in [-0.3, -0.25) is 15.1 Å². The molecule has 0 aromatic carbocycles. The molecule has 0 aliphatic heterocycles. The molecule has 0 aromatic rings. The fourth-order valence-electron chi connectivity index (χ4n) is 2.00. The van der Waals surface area contributed by atoms with E-state index in [1.54, 1.807) is 0 Å². The lowest BCUT2D eigenvalue weighted by atomic mass is 10.2. The zero-order valence-corrected chi connectivity index (χ0v) is 11.4. The highest BCUT2D eigenvalue weighted by Gasteiger charge is 2.17. The summed E-state index contributed by atoms with van der Waals surface area (Å²) < 4.78 is 0. The number of hydrogen-bond donors (Lipinski definition) is 1. The van der Waals surface area contributed by atoms with E-state index in [0.717, 1.165) is 25.9 Å². The van der Waals surface area contributed by atoms with Crippen molar-refractivity contribution < 1.29 is 0 Å². The Hall–Kier alpha value is -0.120. The van der Waals surface area contributed by atoms with Crippen molar-refractivity contribution >= 4 is 0 Å². The van der Waals surface area contributed by atoms with Crippen LogP contribution in [0.4, 0.5) is 0 Å². The lowest BCUT2D eigenvalue weighted by Crippen LogP contribution is -2.53. The minimum Gasteiger partial charge on any atom is -0.294 e. The van der Waals surface area contributed by atoms with Gasteiger partial charge in [-0.25, -0.2) is 0 Å². The summed E-state index contributed by atoms with van der Waals surface area (Å²) in [5.41, 5.74) is 0. The molecule has 0 rings (SSSR count). The molecule has 2 unspecified atom stereocenters. The van der Waals surface area contributed by atoms with Crippen LogP contribution in [0.1, 0.15) is 40.5 Å². The summed E-state index contributed by atoms with van der Waals surface area (Å²) in [6, 6.07) is 0. The summed E-state index contributed by atoms with van der Waals surface area (Å²) in [7, 11) is 4.27. The van der Waals surface area contributed by atoms with Crippen molar-refractivity contribution in [1.82, 2.24) is 15.1 Å². The van der Waals surface area contributed by atoms with Gasteiger partial charge in [-0.05, 0) is 40.0 Å². The van der Waals surface area contributed by atoms with Gasteiger partial charge in [-0.15, -0.1) is 0 Å². The van der Waals surface area contributed by atoms with Crippen molar-refractivity contribution in [3.63, 3.8) is 0 Å². The van der Waals surface area contributed by atoms with Crippen molar-refractivity contribution in [3.8, 4) is 0 Å². The molecule has 0 spiro atoms. The van der Waals surface area contributed by atoms with E-state index in [-0.39, 0.29) is 0 Å². The Morgan fingerprint density at radius 2 is 1.33 bits per heavy atom. The summed E-state index contributed by atoms with van der Waals surface area (Å²) >= 11 is 0. The third-order valence-electron chi connectivity index (χ3n) is 3.03. The van der Waals surface area contributed by atoms with Crippen LogP contribution < -0.4 is 5.32 Å². The minimum absolute atomic E-state index is 0.482. The average molecular weight is 215 g/mol. The third kappa shape index (κ3) is 4.96. The van der Waals surface area contributed by atoms with Gasteiger partial charge in [0, 0.05) is 0 Å². The maximum Gasteiger partial charge on any atom is 0.0606 e. The van der Waals surface area contributed by atoms with Crippen LogP contribution >= 0.6 is 0 Å². The van der Waals surface area contributed by atoms with E-state index in [1.807, 2.05) is 0 Å². The second-order valence-electron chi connectivity index (χ2n) is 4.20. The molecular weight excluding hydrogens is 186 g/mol. The second-order valence-corrected chi connectivity index (χ2v) is 4.20. The van der Waals surface area contributed by atoms with Crippen LogP contribution in [0.15, 0.2) is 0 Å². The Morgan fingerprint density at radius 3 is 1.60 bits per heavy atom. The van der Waals surface area contributed by atoms with Gasteiger partial charge in [0.15, 0.2) is 0 Å².